The van der Waals surface area contributed by atoms with Gasteiger partial charge in [0, 0.05) is 23.7 Å². The molecule has 6 nitrogen and oxygen atoms in total. The molecule has 2 rings (SSSR count). The molecule has 1 amide bonds. The molecule has 0 spiro atoms. The third-order valence-corrected chi connectivity index (χ3v) is 5.20. The van der Waals surface area contributed by atoms with E-state index < -0.39 is 10.0 Å². The maximum absolute atomic E-state index is 12.2. The molecular weight excluding hydrogens is 400 g/mol. The lowest BCUT2D eigenvalue weighted by Gasteiger charge is -2.22. The molecule has 0 saturated heterocycles. The van der Waals surface area contributed by atoms with Gasteiger partial charge in [0.2, 0.25) is 15.9 Å². The minimum Gasteiger partial charge on any atom is -0.491 e. The summed E-state index contributed by atoms with van der Waals surface area (Å²) in [6, 6.07) is 13.7. The van der Waals surface area contributed by atoms with E-state index >= 15 is 0 Å². The molecule has 0 saturated carbocycles. The van der Waals surface area contributed by atoms with Crippen molar-refractivity contribution in [2.24, 2.45) is 0 Å². The molecule has 2 aromatic rings. The molecule has 152 valence electrons. The van der Waals surface area contributed by atoms with E-state index in [2.05, 4.69) is 5.32 Å². The van der Waals surface area contributed by atoms with Crippen molar-refractivity contribution in [1.29, 1.82) is 0 Å². The van der Waals surface area contributed by atoms with Crippen molar-refractivity contribution >= 4 is 38.9 Å². The van der Waals surface area contributed by atoms with Crippen LogP contribution in [0.4, 0.5) is 11.4 Å². The van der Waals surface area contributed by atoms with Crippen molar-refractivity contribution < 1.29 is 17.9 Å². The topological polar surface area (TPSA) is 75.7 Å². The predicted octanol–water partition coefficient (Wildman–Crippen LogP) is 4.31. The average molecular weight is 425 g/mol. The highest BCUT2D eigenvalue weighted by atomic mass is 35.5. The van der Waals surface area contributed by atoms with Gasteiger partial charge in [-0.25, -0.2) is 8.42 Å². The fraction of sp³-hybridized carbons (Fsp3) is 0.350. The molecule has 0 aliphatic rings. The fourth-order valence-electron chi connectivity index (χ4n) is 2.61. The maximum atomic E-state index is 12.2. The lowest BCUT2D eigenvalue weighted by Crippen LogP contribution is -2.31. The molecule has 0 radical (unpaired) electrons. The Morgan fingerprint density at radius 2 is 1.86 bits per heavy atom. The minimum atomic E-state index is -3.48. The van der Waals surface area contributed by atoms with E-state index in [-0.39, 0.29) is 25.0 Å². The monoisotopic (exact) mass is 424 g/mol. The highest BCUT2D eigenvalue weighted by molar-refractivity contribution is 7.92. The molecule has 0 aliphatic heterocycles. The van der Waals surface area contributed by atoms with E-state index in [0.29, 0.717) is 22.8 Å². The Bertz CT molecular complexity index is 899. The summed E-state index contributed by atoms with van der Waals surface area (Å²) in [5, 5.41) is 3.25. The number of benzene rings is 2. The van der Waals surface area contributed by atoms with Gasteiger partial charge in [-0.3, -0.25) is 9.10 Å². The Kier molecular flexibility index (Phi) is 7.71. The van der Waals surface area contributed by atoms with Crippen LogP contribution in [0.1, 0.15) is 26.7 Å². The number of carbonyl (C=O) groups excluding carboxylic acids is 1. The van der Waals surface area contributed by atoms with Gasteiger partial charge in [-0.05, 0) is 62.7 Å². The lowest BCUT2D eigenvalue weighted by atomic mass is 10.2. The number of amides is 1. The SMILES string of the molecule is CC(C)Oc1ccc(NC(=O)CCCN(c2cccc(Cl)c2)S(C)(=O)=O)cc1. The van der Waals surface area contributed by atoms with Gasteiger partial charge in [-0.2, -0.15) is 0 Å². The van der Waals surface area contributed by atoms with Crippen LogP contribution >= 0.6 is 11.6 Å². The number of hydrogen-bond acceptors (Lipinski definition) is 4. The highest BCUT2D eigenvalue weighted by Crippen LogP contribution is 2.22. The number of anilines is 2. The summed E-state index contributed by atoms with van der Waals surface area (Å²) in [6.45, 7) is 4.07. The average Bonchev–Trinajstić information content (AvgIpc) is 2.59. The molecule has 8 heteroatoms. The Morgan fingerprint density at radius 3 is 2.43 bits per heavy atom. The molecular formula is C20H25ClN2O4S. The van der Waals surface area contributed by atoms with Gasteiger partial charge < -0.3 is 10.1 Å². The zero-order valence-corrected chi connectivity index (χ0v) is 17.8. The van der Waals surface area contributed by atoms with Crippen molar-refractivity contribution in [2.45, 2.75) is 32.8 Å². The Hall–Kier alpha value is -2.25. The molecule has 28 heavy (non-hydrogen) atoms. The largest absolute Gasteiger partial charge is 0.491 e. The number of ether oxygens (including phenoxy) is 1. The fourth-order valence-corrected chi connectivity index (χ4v) is 3.76. The Balaban J connectivity index is 1.90. The van der Waals surface area contributed by atoms with Crippen molar-refractivity contribution in [2.75, 3.05) is 22.4 Å². The standard InChI is InChI=1S/C20H25ClN2O4S/c1-15(2)27-19-11-9-17(10-12-19)22-20(24)8-5-13-23(28(3,25)26)18-7-4-6-16(21)14-18/h4,6-7,9-12,14-15H,5,8,13H2,1-3H3,(H,22,24). The van der Waals surface area contributed by atoms with Crippen LogP contribution in [0, 0.1) is 0 Å². The highest BCUT2D eigenvalue weighted by Gasteiger charge is 2.18. The number of rotatable bonds is 9. The van der Waals surface area contributed by atoms with Gasteiger partial charge >= 0.3 is 0 Å². The van der Waals surface area contributed by atoms with Crippen LogP contribution in [0.3, 0.4) is 0 Å². The third kappa shape index (κ3) is 7.05. The summed E-state index contributed by atoms with van der Waals surface area (Å²) in [7, 11) is -3.48. The minimum absolute atomic E-state index is 0.0812. The second kappa shape index (κ2) is 9.80. The number of hydrogen-bond donors (Lipinski definition) is 1. The Labute approximate surface area is 171 Å². The van der Waals surface area contributed by atoms with E-state index in [0.717, 1.165) is 12.0 Å². The van der Waals surface area contributed by atoms with E-state index in [1.54, 1.807) is 48.5 Å². The number of sulfonamides is 1. The van der Waals surface area contributed by atoms with Gasteiger partial charge in [-0.15, -0.1) is 0 Å². The van der Waals surface area contributed by atoms with E-state index in [1.165, 1.54) is 4.31 Å². The second-order valence-corrected chi connectivity index (χ2v) is 9.00. The molecule has 0 aliphatic carbocycles. The quantitative estimate of drug-likeness (QED) is 0.650. The molecule has 0 fully saturated rings. The van der Waals surface area contributed by atoms with Crippen LogP contribution in [0.25, 0.3) is 0 Å². The summed E-state index contributed by atoms with van der Waals surface area (Å²) in [5.41, 5.74) is 1.15. The van der Waals surface area contributed by atoms with Gasteiger partial charge in [0.05, 0.1) is 18.0 Å². The zero-order chi connectivity index (χ0) is 20.7. The van der Waals surface area contributed by atoms with Crippen LogP contribution < -0.4 is 14.4 Å². The normalized spacial score (nSPS) is 11.3. The van der Waals surface area contributed by atoms with E-state index in [4.69, 9.17) is 16.3 Å². The molecule has 0 unspecified atom stereocenters. The van der Waals surface area contributed by atoms with Crippen molar-refractivity contribution in [3.63, 3.8) is 0 Å². The molecule has 0 bridgehead atoms. The van der Waals surface area contributed by atoms with Crippen LogP contribution in [-0.2, 0) is 14.8 Å². The van der Waals surface area contributed by atoms with E-state index in [9.17, 15) is 13.2 Å². The van der Waals surface area contributed by atoms with Gasteiger partial charge in [0.15, 0.2) is 0 Å². The maximum Gasteiger partial charge on any atom is 0.232 e. The van der Waals surface area contributed by atoms with Gasteiger partial charge in [0.25, 0.3) is 0 Å². The molecule has 0 atom stereocenters. The van der Waals surface area contributed by atoms with Crippen LogP contribution in [0.2, 0.25) is 5.02 Å². The van der Waals surface area contributed by atoms with Crippen LogP contribution in [0.15, 0.2) is 48.5 Å². The first-order valence-corrected chi connectivity index (χ1v) is 11.2. The predicted molar refractivity (Wildman–Crippen MR) is 114 cm³/mol. The molecule has 1 N–H and O–H groups in total. The summed E-state index contributed by atoms with van der Waals surface area (Å²) in [5.74, 6) is 0.551. The number of nitrogens with one attached hydrogen (secondary N) is 1. The number of halogens is 1. The van der Waals surface area contributed by atoms with Gasteiger partial charge in [-0.1, -0.05) is 17.7 Å². The van der Waals surface area contributed by atoms with Gasteiger partial charge in [0.1, 0.15) is 5.75 Å². The van der Waals surface area contributed by atoms with Crippen molar-refractivity contribution in [3.05, 3.63) is 53.6 Å². The van der Waals surface area contributed by atoms with Crippen LogP contribution in [0.5, 0.6) is 5.75 Å². The summed E-state index contributed by atoms with van der Waals surface area (Å²) in [6.07, 6.45) is 1.78. The van der Waals surface area contributed by atoms with E-state index in [1.807, 2.05) is 13.8 Å². The first-order valence-electron chi connectivity index (χ1n) is 8.95. The van der Waals surface area contributed by atoms with Crippen molar-refractivity contribution in [3.8, 4) is 5.75 Å². The molecule has 0 heterocycles. The lowest BCUT2D eigenvalue weighted by molar-refractivity contribution is -0.116. The summed E-state index contributed by atoms with van der Waals surface area (Å²) >= 11 is 5.96. The molecule has 0 aromatic heterocycles. The summed E-state index contributed by atoms with van der Waals surface area (Å²) in [4.78, 5) is 12.2. The first-order chi connectivity index (χ1) is 13.1. The van der Waals surface area contributed by atoms with Crippen molar-refractivity contribution in [1.82, 2.24) is 0 Å². The third-order valence-electron chi connectivity index (χ3n) is 3.77. The molecule has 2 aromatic carbocycles. The Morgan fingerprint density at radius 1 is 1.18 bits per heavy atom. The summed E-state index contributed by atoms with van der Waals surface area (Å²) < 4.78 is 31.0. The number of nitrogens with zero attached hydrogens (tertiary/aromatic N) is 1. The number of carbonyl (C=O) groups is 1. The smallest absolute Gasteiger partial charge is 0.232 e. The first kappa shape index (κ1) is 22.0. The zero-order valence-electron chi connectivity index (χ0n) is 16.2. The van der Waals surface area contributed by atoms with Crippen LogP contribution in [-0.4, -0.2) is 33.2 Å². The second-order valence-electron chi connectivity index (χ2n) is 6.66.